The molecule has 0 unspecified atom stereocenters. The summed E-state index contributed by atoms with van der Waals surface area (Å²) in [6.07, 6.45) is 0. The number of hydrogen-bond acceptors (Lipinski definition) is 7. The maximum Gasteiger partial charge on any atom is 0.342 e. The fourth-order valence-corrected chi connectivity index (χ4v) is 2.92. The van der Waals surface area contributed by atoms with Crippen LogP contribution >= 0.6 is 0 Å². The van der Waals surface area contributed by atoms with Crippen molar-refractivity contribution in [1.29, 1.82) is 0 Å². The van der Waals surface area contributed by atoms with E-state index in [4.69, 9.17) is 4.74 Å². The second kappa shape index (κ2) is 8.84. The smallest absolute Gasteiger partial charge is 0.342 e. The number of carboxylic acids is 1. The summed E-state index contributed by atoms with van der Waals surface area (Å²) < 4.78 is 37.1. The van der Waals surface area contributed by atoms with Crippen LogP contribution in [0, 0.1) is 10.1 Å². The summed E-state index contributed by atoms with van der Waals surface area (Å²) in [6.45, 7) is 3.43. The van der Waals surface area contributed by atoms with Gasteiger partial charge in [-0.2, -0.15) is 8.42 Å². The number of non-ortho nitro benzene ring substituents is 1. The van der Waals surface area contributed by atoms with Crippen molar-refractivity contribution in [3.8, 4) is 5.75 Å². The van der Waals surface area contributed by atoms with Crippen LogP contribution in [0.3, 0.4) is 0 Å². The first-order valence-electron chi connectivity index (χ1n) is 8.39. The zero-order valence-corrected chi connectivity index (χ0v) is 17.0. The number of nitrogens with one attached hydrogen (secondary N) is 1. The van der Waals surface area contributed by atoms with Crippen LogP contribution in [-0.4, -0.2) is 46.9 Å². The summed E-state index contributed by atoms with van der Waals surface area (Å²) >= 11 is 0. The largest absolute Gasteiger partial charge is 0.494 e. The van der Waals surface area contributed by atoms with E-state index < -0.39 is 31.5 Å². The summed E-state index contributed by atoms with van der Waals surface area (Å²) in [5.74, 6) is -1.36. The molecule has 0 radical (unpaired) electrons. The van der Waals surface area contributed by atoms with Crippen molar-refractivity contribution in [3.63, 3.8) is 0 Å². The van der Waals surface area contributed by atoms with E-state index in [9.17, 15) is 33.0 Å². The monoisotopic (exact) mass is 439 g/mol. The van der Waals surface area contributed by atoms with Gasteiger partial charge in [-0.1, -0.05) is 0 Å². The van der Waals surface area contributed by atoms with Crippen molar-refractivity contribution in [3.05, 3.63) is 52.1 Å². The molecule has 0 aliphatic heterocycles. The maximum absolute atomic E-state index is 11.7. The van der Waals surface area contributed by atoms with Crippen LogP contribution < -0.4 is 10.2 Å². The Hall–Kier alpha value is -3.58. The lowest BCUT2D eigenvalue weighted by Gasteiger charge is -2.10. The SMILES string of the molecule is COc1cc([N+](=O)[O-])ccc1N[N+](=NC(C)C)c1ccc(S(=O)(=O)O)cc1C(=O)O. The topological polar surface area (TPSA) is 171 Å². The molecule has 0 atom stereocenters. The first kappa shape index (κ1) is 22.7. The third kappa shape index (κ3) is 5.27. The summed E-state index contributed by atoms with van der Waals surface area (Å²) in [7, 11) is -3.32. The minimum Gasteiger partial charge on any atom is -0.494 e. The number of nitrogens with zero attached hydrogens (tertiary/aromatic N) is 3. The molecular weight excluding hydrogens is 420 g/mol. The Morgan fingerprint density at radius 3 is 2.40 bits per heavy atom. The van der Waals surface area contributed by atoms with Gasteiger partial charge in [0.05, 0.1) is 23.0 Å². The molecular formula is C17H19N4O8S+. The van der Waals surface area contributed by atoms with Gasteiger partial charge in [0.25, 0.3) is 21.5 Å². The van der Waals surface area contributed by atoms with E-state index >= 15 is 0 Å². The van der Waals surface area contributed by atoms with Gasteiger partial charge in [0.2, 0.25) is 0 Å². The number of rotatable bonds is 8. The predicted octanol–water partition coefficient (Wildman–Crippen LogP) is 3.08. The Bertz CT molecular complexity index is 1130. The third-order valence-electron chi connectivity index (χ3n) is 3.69. The standard InChI is InChI=1S/C17H18N4O8S/c1-10(2)18-20(19-14-6-4-11(21(24)25)8-16(14)29-3)15-7-5-12(30(26,27)28)9-13(15)17(22)23/h4-10H,1-3H3,(H2-,18,19,22,23,26,27,28)/p+1. The number of methoxy groups -OCH3 is 1. The normalized spacial score (nSPS) is 12.0. The number of carboxylic acid groups (broad SMARTS) is 1. The number of hydrogen-bond donors (Lipinski definition) is 3. The number of anilines is 1. The molecule has 0 aliphatic carbocycles. The van der Waals surface area contributed by atoms with E-state index in [1.807, 2.05) is 0 Å². The zero-order valence-electron chi connectivity index (χ0n) is 16.1. The third-order valence-corrected chi connectivity index (χ3v) is 4.54. The van der Waals surface area contributed by atoms with Crippen molar-refractivity contribution in [2.24, 2.45) is 5.11 Å². The van der Waals surface area contributed by atoms with E-state index in [-0.39, 0.29) is 28.9 Å². The van der Waals surface area contributed by atoms with Crippen molar-refractivity contribution < 1.29 is 37.3 Å². The van der Waals surface area contributed by atoms with Crippen LogP contribution in [0.2, 0.25) is 0 Å². The molecule has 0 bridgehead atoms. The van der Waals surface area contributed by atoms with Crippen molar-refractivity contribution >= 4 is 33.1 Å². The van der Waals surface area contributed by atoms with E-state index in [0.29, 0.717) is 0 Å². The van der Waals surface area contributed by atoms with Crippen LogP contribution in [0.25, 0.3) is 0 Å². The van der Waals surface area contributed by atoms with E-state index in [2.05, 4.69) is 10.5 Å². The van der Waals surface area contributed by atoms with Gasteiger partial charge in [-0.3, -0.25) is 14.7 Å². The molecule has 2 rings (SSSR count). The summed E-state index contributed by atoms with van der Waals surface area (Å²) in [6, 6.07) is 6.40. The lowest BCUT2D eigenvalue weighted by atomic mass is 10.2. The van der Waals surface area contributed by atoms with E-state index in [1.54, 1.807) is 13.8 Å². The van der Waals surface area contributed by atoms with Crippen molar-refractivity contribution in [1.82, 2.24) is 0 Å². The zero-order chi connectivity index (χ0) is 22.6. The fourth-order valence-electron chi connectivity index (χ4n) is 2.41. The molecule has 0 aromatic heterocycles. The number of azo groups is 1. The number of carbonyl (C=O) groups is 1. The van der Waals surface area contributed by atoms with Gasteiger partial charge < -0.3 is 9.84 Å². The Balaban J connectivity index is 2.63. The summed E-state index contributed by atoms with van der Waals surface area (Å²) in [5.41, 5.74) is 2.34. The Morgan fingerprint density at radius 2 is 1.90 bits per heavy atom. The van der Waals surface area contributed by atoms with Gasteiger partial charge in [0, 0.05) is 16.9 Å². The number of aromatic carboxylic acids is 1. The first-order valence-corrected chi connectivity index (χ1v) is 9.83. The molecule has 12 nitrogen and oxygen atoms in total. The van der Waals surface area contributed by atoms with Crippen LogP contribution in [0.4, 0.5) is 17.1 Å². The lowest BCUT2D eigenvalue weighted by Crippen LogP contribution is -2.18. The highest BCUT2D eigenvalue weighted by atomic mass is 32.2. The molecule has 3 N–H and O–H groups in total. The quantitative estimate of drug-likeness (QED) is 0.184. The van der Waals surface area contributed by atoms with Gasteiger partial charge in [-0.25, -0.2) is 4.79 Å². The van der Waals surface area contributed by atoms with Gasteiger partial charge in [-0.15, -0.1) is 5.43 Å². The molecule has 2 aromatic rings. The second-order valence-corrected chi connectivity index (χ2v) is 7.66. The highest BCUT2D eigenvalue weighted by molar-refractivity contribution is 7.85. The number of benzene rings is 2. The number of nitro benzene ring substituents is 1. The summed E-state index contributed by atoms with van der Waals surface area (Å²) in [5, 5.41) is 24.8. The molecule has 2 aromatic carbocycles. The molecule has 0 saturated heterocycles. The lowest BCUT2D eigenvalue weighted by molar-refractivity contribution is -0.485. The molecule has 30 heavy (non-hydrogen) atoms. The van der Waals surface area contributed by atoms with Gasteiger partial charge in [-0.05, 0) is 37.2 Å². The number of ether oxygens (including phenoxy) is 1. The van der Waals surface area contributed by atoms with Crippen molar-refractivity contribution in [2.75, 3.05) is 12.5 Å². The Morgan fingerprint density at radius 1 is 1.23 bits per heavy atom. The van der Waals surface area contributed by atoms with Crippen LogP contribution in [-0.2, 0) is 10.1 Å². The van der Waals surface area contributed by atoms with Crippen LogP contribution in [0.5, 0.6) is 5.75 Å². The Labute approximate surface area is 171 Å². The number of hydrazine groups is 1. The average molecular weight is 439 g/mol. The second-order valence-electron chi connectivity index (χ2n) is 6.23. The molecule has 0 spiro atoms. The minimum absolute atomic E-state index is 0.0380. The highest BCUT2D eigenvalue weighted by Crippen LogP contribution is 2.31. The molecule has 0 amide bonds. The molecule has 0 saturated carbocycles. The van der Waals surface area contributed by atoms with Gasteiger partial charge in [0.15, 0.2) is 5.75 Å². The maximum atomic E-state index is 11.7. The van der Waals surface area contributed by atoms with Crippen LogP contribution in [0.15, 0.2) is 46.4 Å². The number of nitro groups is 1. The van der Waals surface area contributed by atoms with Crippen LogP contribution in [0.1, 0.15) is 24.2 Å². The molecule has 160 valence electrons. The van der Waals surface area contributed by atoms with E-state index in [0.717, 1.165) is 23.0 Å². The molecule has 13 heteroatoms. The average Bonchev–Trinajstić information content (AvgIpc) is 2.65. The van der Waals surface area contributed by atoms with E-state index in [1.165, 1.54) is 25.3 Å². The Kier molecular flexibility index (Phi) is 6.69. The predicted molar refractivity (Wildman–Crippen MR) is 104 cm³/mol. The van der Waals surface area contributed by atoms with Crippen molar-refractivity contribution in [2.45, 2.75) is 24.8 Å². The fraction of sp³-hybridized carbons (Fsp3) is 0.235. The summed E-state index contributed by atoms with van der Waals surface area (Å²) in [4.78, 5) is 22.6. The van der Waals surface area contributed by atoms with Gasteiger partial charge in [0.1, 0.15) is 17.3 Å². The van der Waals surface area contributed by atoms with Gasteiger partial charge >= 0.3 is 5.97 Å². The first-order chi connectivity index (χ1) is 13.9. The molecule has 0 fully saturated rings. The highest BCUT2D eigenvalue weighted by Gasteiger charge is 2.27. The molecule has 0 heterocycles. The molecule has 0 aliphatic rings. The minimum atomic E-state index is -4.62.